The number of nitrogens with zero attached hydrogens (tertiary/aromatic N) is 2. The Bertz CT molecular complexity index is 508. The Morgan fingerprint density at radius 3 is 2.33 bits per heavy atom. The van der Waals surface area contributed by atoms with Crippen molar-refractivity contribution in [1.82, 2.24) is 9.21 Å². The molecular formula is C12H19N3O2S. The molecule has 5 nitrogen and oxygen atoms in total. The summed E-state index contributed by atoms with van der Waals surface area (Å²) in [6, 6.07) is 7.01. The first kappa shape index (κ1) is 13.3. The van der Waals surface area contributed by atoms with Gasteiger partial charge in [0.05, 0.1) is 5.69 Å². The monoisotopic (exact) mass is 269 g/mol. The lowest BCUT2D eigenvalue weighted by Gasteiger charge is -2.31. The summed E-state index contributed by atoms with van der Waals surface area (Å²) in [5.41, 5.74) is 0.649. The fourth-order valence-corrected chi connectivity index (χ4v) is 3.69. The van der Waals surface area contributed by atoms with E-state index in [9.17, 15) is 8.42 Å². The molecule has 0 unspecified atom stereocenters. The second kappa shape index (κ2) is 5.26. The quantitative estimate of drug-likeness (QED) is 0.876. The second-order valence-corrected chi connectivity index (χ2v) is 6.36. The number of piperazine rings is 1. The average Bonchev–Trinajstić information content (AvgIpc) is 2.39. The van der Waals surface area contributed by atoms with Crippen LogP contribution in [0.1, 0.15) is 0 Å². The SMILES string of the molecule is CNc1ccccc1S(=O)(=O)N1CCN(C)CC1. The summed E-state index contributed by atoms with van der Waals surface area (Å²) in [5, 5.41) is 2.93. The van der Waals surface area contributed by atoms with Gasteiger partial charge in [-0.3, -0.25) is 0 Å². The first-order chi connectivity index (χ1) is 8.55. The van der Waals surface area contributed by atoms with E-state index in [2.05, 4.69) is 10.2 Å². The highest BCUT2D eigenvalue weighted by molar-refractivity contribution is 7.89. The largest absolute Gasteiger partial charge is 0.387 e. The molecule has 1 heterocycles. The smallest absolute Gasteiger partial charge is 0.245 e. The maximum absolute atomic E-state index is 12.5. The normalized spacial score (nSPS) is 18.8. The van der Waals surface area contributed by atoms with Gasteiger partial charge < -0.3 is 10.2 Å². The van der Waals surface area contributed by atoms with E-state index in [4.69, 9.17) is 0 Å². The number of anilines is 1. The van der Waals surface area contributed by atoms with Crippen molar-refractivity contribution in [2.75, 3.05) is 45.6 Å². The Hall–Kier alpha value is -1.11. The van der Waals surface area contributed by atoms with Gasteiger partial charge in [0, 0.05) is 33.2 Å². The number of para-hydroxylation sites is 1. The van der Waals surface area contributed by atoms with E-state index in [1.807, 2.05) is 13.1 Å². The topological polar surface area (TPSA) is 52.7 Å². The summed E-state index contributed by atoms with van der Waals surface area (Å²) in [6.45, 7) is 2.66. The van der Waals surface area contributed by atoms with Gasteiger partial charge in [0.1, 0.15) is 4.90 Å². The van der Waals surface area contributed by atoms with Crippen molar-refractivity contribution in [3.05, 3.63) is 24.3 Å². The van der Waals surface area contributed by atoms with E-state index in [0.29, 0.717) is 23.7 Å². The highest BCUT2D eigenvalue weighted by atomic mass is 32.2. The summed E-state index contributed by atoms with van der Waals surface area (Å²) in [5.74, 6) is 0. The molecule has 100 valence electrons. The van der Waals surface area contributed by atoms with Crippen LogP contribution in [0.5, 0.6) is 0 Å². The van der Waals surface area contributed by atoms with E-state index in [1.54, 1.807) is 29.6 Å². The van der Waals surface area contributed by atoms with E-state index in [0.717, 1.165) is 13.1 Å². The predicted molar refractivity (Wildman–Crippen MR) is 72.2 cm³/mol. The number of hydrogen-bond acceptors (Lipinski definition) is 4. The molecular weight excluding hydrogens is 250 g/mol. The maximum Gasteiger partial charge on any atom is 0.245 e. The van der Waals surface area contributed by atoms with Crippen molar-refractivity contribution in [2.24, 2.45) is 0 Å². The van der Waals surface area contributed by atoms with E-state index < -0.39 is 10.0 Å². The van der Waals surface area contributed by atoms with Gasteiger partial charge in [-0.25, -0.2) is 8.42 Å². The van der Waals surface area contributed by atoms with Crippen LogP contribution in [-0.2, 0) is 10.0 Å². The molecule has 1 fully saturated rings. The third-order valence-corrected chi connectivity index (χ3v) is 5.19. The zero-order valence-corrected chi connectivity index (χ0v) is 11.6. The number of sulfonamides is 1. The third kappa shape index (κ3) is 2.50. The minimum Gasteiger partial charge on any atom is -0.387 e. The summed E-state index contributed by atoms with van der Waals surface area (Å²) < 4.78 is 26.6. The molecule has 1 aromatic carbocycles. The van der Waals surface area contributed by atoms with Crippen molar-refractivity contribution in [1.29, 1.82) is 0 Å². The van der Waals surface area contributed by atoms with Crippen LogP contribution in [0.25, 0.3) is 0 Å². The molecule has 18 heavy (non-hydrogen) atoms. The molecule has 2 rings (SSSR count). The Morgan fingerprint density at radius 2 is 1.72 bits per heavy atom. The Kier molecular flexibility index (Phi) is 3.89. The lowest BCUT2D eigenvalue weighted by atomic mass is 10.3. The number of likely N-dealkylation sites (N-methyl/N-ethyl adjacent to an activating group) is 1. The maximum atomic E-state index is 12.5. The van der Waals surface area contributed by atoms with Gasteiger partial charge in [-0.1, -0.05) is 12.1 Å². The Balaban J connectivity index is 2.30. The van der Waals surface area contributed by atoms with Crippen LogP contribution in [0.4, 0.5) is 5.69 Å². The zero-order valence-electron chi connectivity index (χ0n) is 10.8. The van der Waals surface area contributed by atoms with Gasteiger partial charge >= 0.3 is 0 Å². The van der Waals surface area contributed by atoms with Crippen molar-refractivity contribution >= 4 is 15.7 Å². The fourth-order valence-electron chi connectivity index (χ4n) is 2.07. The standard InChI is InChI=1S/C12H19N3O2S/c1-13-11-5-3-4-6-12(11)18(16,17)15-9-7-14(2)8-10-15/h3-6,13H,7-10H2,1-2H3. The Morgan fingerprint density at radius 1 is 1.11 bits per heavy atom. The number of rotatable bonds is 3. The lowest BCUT2D eigenvalue weighted by molar-refractivity contribution is 0.222. The molecule has 1 aliphatic heterocycles. The molecule has 6 heteroatoms. The van der Waals surface area contributed by atoms with Crippen molar-refractivity contribution in [3.63, 3.8) is 0 Å². The summed E-state index contributed by atoms with van der Waals surface area (Å²) in [7, 11) is 0.356. The summed E-state index contributed by atoms with van der Waals surface area (Å²) in [4.78, 5) is 2.49. The van der Waals surface area contributed by atoms with Crippen LogP contribution in [0.2, 0.25) is 0 Å². The number of nitrogens with one attached hydrogen (secondary N) is 1. The van der Waals surface area contributed by atoms with Gasteiger partial charge in [-0.15, -0.1) is 0 Å². The Labute approximate surface area is 108 Å². The van der Waals surface area contributed by atoms with Gasteiger partial charge in [-0.2, -0.15) is 4.31 Å². The minimum absolute atomic E-state index is 0.358. The molecule has 1 aliphatic rings. The van der Waals surface area contributed by atoms with Crippen molar-refractivity contribution in [3.8, 4) is 0 Å². The second-order valence-electron chi connectivity index (χ2n) is 4.45. The number of benzene rings is 1. The van der Waals surface area contributed by atoms with Crippen LogP contribution in [0.3, 0.4) is 0 Å². The highest BCUT2D eigenvalue weighted by Gasteiger charge is 2.28. The molecule has 0 aromatic heterocycles. The molecule has 1 aromatic rings. The van der Waals surface area contributed by atoms with E-state index in [1.165, 1.54) is 0 Å². The summed E-state index contributed by atoms with van der Waals surface area (Å²) in [6.07, 6.45) is 0. The predicted octanol–water partition coefficient (Wildman–Crippen LogP) is 0.664. The van der Waals surface area contributed by atoms with Crippen LogP contribution >= 0.6 is 0 Å². The van der Waals surface area contributed by atoms with Gasteiger partial charge in [0.25, 0.3) is 0 Å². The van der Waals surface area contributed by atoms with Gasteiger partial charge in [0.2, 0.25) is 10.0 Å². The first-order valence-corrected chi connectivity index (χ1v) is 7.45. The van der Waals surface area contributed by atoms with Crippen molar-refractivity contribution < 1.29 is 8.42 Å². The fraction of sp³-hybridized carbons (Fsp3) is 0.500. The first-order valence-electron chi connectivity index (χ1n) is 6.01. The molecule has 0 saturated carbocycles. The minimum atomic E-state index is -3.38. The molecule has 1 N–H and O–H groups in total. The van der Waals surface area contributed by atoms with Crippen LogP contribution in [0, 0.1) is 0 Å². The van der Waals surface area contributed by atoms with E-state index in [-0.39, 0.29) is 0 Å². The van der Waals surface area contributed by atoms with E-state index >= 15 is 0 Å². The lowest BCUT2D eigenvalue weighted by Crippen LogP contribution is -2.47. The molecule has 0 atom stereocenters. The average molecular weight is 269 g/mol. The summed E-state index contributed by atoms with van der Waals surface area (Å²) >= 11 is 0. The highest BCUT2D eigenvalue weighted by Crippen LogP contribution is 2.24. The molecule has 0 spiro atoms. The number of hydrogen-bond donors (Lipinski definition) is 1. The third-order valence-electron chi connectivity index (χ3n) is 3.24. The van der Waals surface area contributed by atoms with Crippen LogP contribution in [0.15, 0.2) is 29.2 Å². The molecule has 1 saturated heterocycles. The zero-order chi connectivity index (χ0) is 13.2. The molecule has 0 aliphatic carbocycles. The molecule has 0 amide bonds. The van der Waals surface area contributed by atoms with Crippen molar-refractivity contribution in [2.45, 2.75) is 4.90 Å². The van der Waals surface area contributed by atoms with Crippen LogP contribution in [-0.4, -0.2) is 57.9 Å². The molecule has 0 bridgehead atoms. The van der Waals surface area contributed by atoms with Crippen LogP contribution < -0.4 is 5.32 Å². The van der Waals surface area contributed by atoms with Gasteiger partial charge in [0.15, 0.2) is 0 Å². The van der Waals surface area contributed by atoms with Gasteiger partial charge in [-0.05, 0) is 19.2 Å². The molecule has 0 radical (unpaired) electrons.